The van der Waals surface area contributed by atoms with E-state index in [0.29, 0.717) is 0 Å². The molecule has 1 fully saturated rings. The summed E-state index contributed by atoms with van der Waals surface area (Å²) in [5, 5.41) is 0. The molecule has 0 saturated heterocycles. The third-order valence-corrected chi connectivity index (χ3v) is 3.40. The highest BCUT2D eigenvalue weighted by atomic mass is 35.5. The van der Waals surface area contributed by atoms with Gasteiger partial charge in [0, 0.05) is 5.88 Å². The van der Waals surface area contributed by atoms with Crippen molar-refractivity contribution in [2.75, 3.05) is 5.88 Å². The lowest BCUT2D eigenvalue weighted by molar-refractivity contribution is 0.925. The van der Waals surface area contributed by atoms with Crippen molar-refractivity contribution in [2.45, 2.75) is 25.7 Å². The van der Waals surface area contributed by atoms with Crippen LogP contribution in [0.3, 0.4) is 0 Å². The Kier molecular flexibility index (Phi) is 3.48. The molecule has 15 heavy (non-hydrogen) atoms. The van der Waals surface area contributed by atoms with Crippen LogP contribution >= 0.6 is 11.6 Å². The van der Waals surface area contributed by atoms with Crippen LogP contribution in [0.25, 0.3) is 0 Å². The summed E-state index contributed by atoms with van der Waals surface area (Å²) in [7, 11) is 0. The molecule has 1 aromatic rings. The van der Waals surface area contributed by atoms with Crippen LogP contribution in [0, 0.1) is 5.92 Å². The smallest absolute Gasteiger partial charge is 0.0258 e. The molecule has 0 radical (unpaired) electrons. The molecule has 1 aliphatic rings. The summed E-state index contributed by atoms with van der Waals surface area (Å²) in [6, 6.07) is 10.8. The van der Waals surface area contributed by atoms with Gasteiger partial charge >= 0.3 is 0 Å². The highest BCUT2D eigenvalue weighted by Gasteiger charge is 2.38. The number of hydrogen-bond acceptors (Lipinski definition) is 0. The first-order valence-corrected chi connectivity index (χ1v) is 6.14. The number of hydrogen-bond donors (Lipinski definition) is 0. The first-order valence-electron chi connectivity index (χ1n) is 5.60. The minimum Gasteiger partial charge on any atom is -0.126 e. The Morgan fingerprint density at radius 1 is 1.40 bits per heavy atom. The van der Waals surface area contributed by atoms with Crippen LogP contribution < -0.4 is 0 Å². The molecular weight excluding hydrogens is 204 g/mol. The molecule has 0 heterocycles. The highest BCUT2D eigenvalue weighted by molar-refractivity contribution is 6.17. The van der Waals surface area contributed by atoms with Gasteiger partial charge in [-0.2, -0.15) is 0 Å². The van der Waals surface area contributed by atoms with Crippen LogP contribution in [0.2, 0.25) is 0 Å². The maximum atomic E-state index is 5.68. The average molecular weight is 221 g/mol. The Morgan fingerprint density at radius 3 is 2.80 bits per heavy atom. The average Bonchev–Trinajstić information content (AvgIpc) is 3.07. The van der Waals surface area contributed by atoms with E-state index in [4.69, 9.17) is 11.6 Å². The number of alkyl halides is 1. The summed E-state index contributed by atoms with van der Waals surface area (Å²) in [4.78, 5) is 0. The van der Waals surface area contributed by atoms with Gasteiger partial charge in [0.05, 0.1) is 0 Å². The van der Waals surface area contributed by atoms with E-state index >= 15 is 0 Å². The second-order valence-corrected chi connectivity index (χ2v) is 4.66. The van der Waals surface area contributed by atoms with Gasteiger partial charge < -0.3 is 0 Å². The lowest BCUT2D eigenvalue weighted by atomic mass is 10.1. The van der Waals surface area contributed by atoms with Crippen LogP contribution in [-0.2, 0) is 0 Å². The van der Waals surface area contributed by atoms with Gasteiger partial charge in [0.2, 0.25) is 0 Å². The molecule has 2 atom stereocenters. The molecule has 1 heteroatoms. The van der Waals surface area contributed by atoms with Crippen molar-refractivity contribution in [1.82, 2.24) is 0 Å². The topological polar surface area (TPSA) is 0 Å². The fourth-order valence-electron chi connectivity index (χ4n) is 2.20. The van der Waals surface area contributed by atoms with Crippen LogP contribution in [0.4, 0.5) is 0 Å². The van der Waals surface area contributed by atoms with E-state index in [9.17, 15) is 0 Å². The summed E-state index contributed by atoms with van der Waals surface area (Å²) < 4.78 is 0. The molecule has 0 N–H and O–H groups in total. The molecule has 0 amide bonds. The van der Waals surface area contributed by atoms with Gasteiger partial charge in [0.25, 0.3) is 0 Å². The van der Waals surface area contributed by atoms with Gasteiger partial charge in [-0.1, -0.05) is 42.0 Å². The number of rotatable bonds is 4. The Hall–Kier alpha value is -0.750. The van der Waals surface area contributed by atoms with Crippen LogP contribution in [0.1, 0.15) is 31.2 Å². The second kappa shape index (κ2) is 4.85. The van der Waals surface area contributed by atoms with Crippen LogP contribution in [0.5, 0.6) is 0 Å². The predicted molar refractivity (Wildman–Crippen MR) is 66.4 cm³/mol. The maximum Gasteiger partial charge on any atom is 0.0258 e. The van der Waals surface area contributed by atoms with Gasteiger partial charge in [-0.15, -0.1) is 11.6 Å². The van der Waals surface area contributed by atoms with Crippen LogP contribution in [0.15, 0.2) is 42.0 Å². The SMILES string of the molecule is C/C(=C/CCCl)C1CC1c1ccccc1. The van der Waals surface area contributed by atoms with Crippen molar-refractivity contribution in [3.63, 3.8) is 0 Å². The van der Waals surface area contributed by atoms with E-state index in [0.717, 1.165) is 24.1 Å². The molecule has 0 bridgehead atoms. The van der Waals surface area contributed by atoms with E-state index in [-0.39, 0.29) is 0 Å². The largest absolute Gasteiger partial charge is 0.126 e. The molecule has 1 aromatic carbocycles. The predicted octanol–water partition coefficient (Wildman–Crippen LogP) is 4.37. The van der Waals surface area contributed by atoms with E-state index < -0.39 is 0 Å². The standard InChI is InChI=1S/C14H17Cl/c1-11(6-5-9-15)13-10-14(13)12-7-3-2-4-8-12/h2-4,6-8,13-14H,5,9-10H2,1H3/b11-6-. The van der Waals surface area contributed by atoms with Gasteiger partial charge in [-0.3, -0.25) is 0 Å². The monoisotopic (exact) mass is 220 g/mol. The fraction of sp³-hybridized carbons (Fsp3) is 0.429. The van der Waals surface area contributed by atoms with Gasteiger partial charge in [-0.05, 0) is 37.2 Å². The quantitative estimate of drug-likeness (QED) is 0.522. The van der Waals surface area contributed by atoms with Gasteiger partial charge in [0.1, 0.15) is 0 Å². The molecule has 2 unspecified atom stereocenters. The molecule has 80 valence electrons. The number of halogens is 1. The third-order valence-electron chi connectivity index (χ3n) is 3.18. The fourth-order valence-corrected chi connectivity index (χ4v) is 2.31. The summed E-state index contributed by atoms with van der Waals surface area (Å²) in [6.07, 6.45) is 4.61. The lowest BCUT2D eigenvalue weighted by Gasteiger charge is -2.00. The lowest BCUT2D eigenvalue weighted by Crippen LogP contribution is -1.85. The van der Waals surface area contributed by atoms with Crippen molar-refractivity contribution in [3.8, 4) is 0 Å². The minimum absolute atomic E-state index is 0.736. The Balaban J connectivity index is 1.96. The Labute approximate surface area is 97.0 Å². The molecule has 2 rings (SSSR count). The van der Waals surface area contributed by atoms with Gasteiger partial charge in [-0.25, -0.2) is 0 Å². The highest BCUT2D eigenvalue weighted by Crippen LogP contribution is 2.51. The van der Waals surface area contributed by atoms with Crippen molar-refractivity contribution in [1.29, 1.82) is 0 Å². The zero-order valence-electron chi connectivity index (χ0n) is 9.12. The van der Waals surface area contributed by atoms with Crippen molar-refractivity contribution >= 4 is 11.6 Å². The second-order valence-electron chi connectivity index (χ2n) is 4.29. The minimum atomic E-state index is 0.736. The Morgan fingerprint density at radius 2 is 2.13 bits per heavy atom. The number of benzene rings is 1. The zero-order valence-corrected chi connectivity index (χ0v) is 9.87. The molecule has 1 aliphatic carbocycles. The number of allylic oxidation sites excluding steroid dienone is 2. The summed E-state index contributed by atoms with van der Waals surface area (Å²) in [5.41, 5.74) is 3.01. The maximum absolute atomic E-state index is 5.68. The van der Waals surface area contributed by atoms with Crippen molar-refractivity contribution < 1.29 is 0 Å². The molecule has 1 saturated carbocycles. The first kappa shape index (κ1) is 10.8. The van der Waals surface area contributed by atoms with Crippen molar-refractivity contribution in [3.05, 3.63) is 47.5 Å². The van der Waals surface area contributed by atoms with E-state index in [1.807, 2.05) is 0 Å². The summed E-state index contributed by atoms with van der Waals surface area (Å²) >= 11 is 5.68. The molecule has 0 spiro atoms. The molecular formula is C14H17Cl. The van der Waals surface area contributed by atoms with Gasteiger partial charge in [0.15, 0.2) is 0 Å². The Bertz CT molecular complexity index is 340. The zero-order chi connectivity index (χ0) is 10.7. The molecule has 0 nitrogen and oxygen atoms in total. The first-order chi connectivity index (χ1) is 7.33. The molecule has 0 aromatic heterocycles. The third kappa shape index (κ3) is 2.63. The normalized spacial score (nSPS) is 25.3. The van der Waals surface area contributed by atoms with Crippen LogP contribution in [-0.4, -0.2) is 5.88 Å². The van der Waals surface area contributed by atoms with Crippen molar-refractivity contribution in [2.24, 2.45) is 5.92 Å². The summed E-state index contributed by atoms with van der Waals surface area (Å²) in [5.74, 6) is 2.27. The van der Waals surface area contributed by atoms with E-state index in [1.54, 1.807) is 0 Å². The van der Waals surface area contributed by atoms with E-state index in [1.165, 1.54) is 17.6 Å². The molecule has 0 aliphatic heterocycles. The van der Waals surface area contributed by atoms with E-state index in [2.05, 4.69) is 43.3 Å². The summed E-state index contributed by atoms with van der Waals surface area (Å²) in [6.45, 7) is 2.24.